The van der Waals surface area contributed by atoms with Gasteiger partial charge < -0.3 is 24.4 Å². The maximum absolute atomic E-state index is 12.4. The molecule has 0 bridgehead atoms. The number of hydrogen-bond acceptors (Lipinski definition) is 8. The first-order valence-electron chi connectivity index (χ1n) is 9.47. The molecule has 4 atom stereocenters. The first-order chi connectivity index (χ1) is 13.5. The van der Waals surface area contributed by atoms with E-state index in [1.54, 1.807) is 6.08 Å². The first-order valence-corrected chi connectivity index (χ1v) is 9.47. The third-order valence-electron chi connectivity index (χ3n) is 5.01. The van der Waals surface area contributed by atoms with Gasteiger partial charge in [0.25, 0.3) is 0 Å². The van der Waals surface area contributed by atoms with Crippen molar-refractivity contribution in [2.75, 3.05) is 13.2 Å². The summed E-state index contributed by atoms with van der Waals surface area (Å²) < 4.78 is 16.0. The smallest absolute Gasteiger partial charge is 0.340 e. The van der Waals surface area contributed by atoms with Crippen LogP contribution in [0, 0.1) is 5.92 Å². The fourth-order valence-electron chi connectivity index (χ4n) is 3.29. The van der Waals surface area contributed by atoms with E-state index in [1.807, 2.05) is 13.0 Å². The second-order valence-corrected chi connectivity index (χ2v) is 7.70. The van der Waals surface area contributed by atoms with E-state index in [9.17, 15) is 24.6 Å². The number of hydrogen-bond donors (Lipinski definition) is 2. The fraction of sp³-hybridized carbons (Fsp3) is 0.571. The van der Waals surface area contributed by atoms with Gasteiger partial charge >= 0.3 is 17.9 Å². The van der Waals surface area contributed by atoms with Crippen LogP contribution in [0.2, 0.25) is 0 Å². The monoisotopic (exact) mass is 408 g/mol. The molecule has 1 aliphatic carbocycles. The van der Waals surface area contributed by atoms with E-state index in [-0.39, 0.29) is 12.2 Å². The molecule has 1 saturated heterocycles. The van der Waals surface area contributed by atoms with Crippen LogP contribution in [0.4, 0.5) is 0 Å². The highest BCUT2D eigenvalue weighted by Gasteiger charge is 2.46. The van der Waals surface area contributed by atoms with Crippen molar-refractivity contribution in [3.8, 4) is 0 Å². The highest BCUT2D eigenvalue weighted by molar-refractivity contribution is 5.91. The van der Waals surface area contributed by atoms with Crippen LogP contribution in [0.1, 0.15) is 40.0 Å². The van der Waals surface area contributed by atoms with Crippen molar-refractivity contribution in [1.82, 2.24) is 0 Å². The number of carbonyl (C=O) groups excluding carboxylic acids is 3. The predicted octanol–water partition coefficient (Wildman–Crippen LogP) is 1.36. The SMILES string of the molecule is C=C1C(=O)O[C@@H]2C/C(C)=C/CC/C(COC(C)=O)=C/[C@H](OC(=O)[C@](C)(O)CO)[C@@H]12. The summed E-state index contributed by atoms with van der Waals surface area (Å²) in [5, 5.41) is 19.3. The molecule has 1 fully saturated rings. The number of aliphatic hydroxyl groups is 2. The van der Waals surface area contributed by atoms with Crippen molar-refractivity contribution in [3.63, 3.8) is 0 Å². The molecule has 2 N–H and O–H groups in total. The molecule has 0 aromatic rings. The lowest BCUT2D eigenvalue weighted by Gasteiger charge is -2.29. The number of fused-ring (bicyclic) bond motifs is 1. The first kappa shape index (κ1) is 22.8. The zero-order valence-corrected chi connectivity index (χ0v) is 17.0. The van der Waals surface area contributed by atoms with Crippen molar-refractivity contribution < 1.29 is 38.8 Å². The van der Waals surface area contributed by atoms with Crippen molar-refractivity contribution in [2.24, 2.45) is 5.92 Å². The van der Waals surface area contributed by atoms with Gasteiger partial charge in [-0.05, 0) is 38.3 Å². The van der Waals surface area contributed by atoms with Gasteiger partial charge in [-0.2, -0.15) is 0 Å². The molecule has 8 nitrogen and oxygen atoms in total. The fourth-order valence-corrected chi connectivity index (χ4v) is 3.29. The minimum absolute atomic E-state index is 0.00529. The van der Waals surface area contributed by atoms with Gasteiger partial charge in [-0.3, -0.25) is 4.79 Å². The van der Waals surface area contributed by atoms with E-state index >= 15 is 0 Å². The molecule has 1 heterocycles. The van der Waals surface area contributed by atoms with E-state index in [0.29, 0.717) is 24.8 Å². The van der Waals surface area contributed by atoms with E-state index < -0.39 is 48.2 Å². The Labute approximate surface area is 169 Å². The van der Waals surface area contributed by atoms with Gasteiger partial charge in [-0.15, -0.1) is 0 Å². The Bertz CT molecular complexity index is 746. The summed E-state index contributed by atoms with van der Waals surface area (Å²) in [4.78, 5) is 35.8. The molecule has 29 heavy (non-hydrogen) atoms. The third kappa shape index (κ3) is 5.77. The van der Waals surface area contributed by atoms with Gasteiger partial charge in [0.1, 0.15) is 18.8 Å². The van der Waals surface area contributed by atoms with Crippen LogP contribution in [-0.4, -0.2) is 59.1 Å². The lowest BCUT2D eigenvalue weighted by Crippen LogP contribution is -2.44. The Morgan fingerprint density at radius 2 is 2.10 bits per heavy atom. The molecule has 8 heteroatoms. The van der Waals surface area contributed by atoms with E-state index in [4.69, 9.17) is 14.2 Å². The Balaban J connectivity index is 2.44. The minimum atomic E-state index is -2.10. The number of esters is 3. The number of aliphatic hydroxyl groups excluding tert-OH is 1. The third-order valence-corrected chi connectivity index (χ3v) is 5.01. The van der Waals surface area contributed by atoms with Crippen LogP contribution in [-0.2, 0) is 28.6 Å². The normalized spacial score (nSPS) is 30.6. The number of carbonyl (C=O) groups is 3. The van der Waals surface area contributed by atoms with Crippen LogP contribution < -0.4 is 0 Å². The van der Waals surface area contributed by atoms with Gasteiger partial charge in [-0.25, -0.2) is 9.59 Å². The van der Waals surface area contributed by atoms with Crippen molar-refractivity contribution in [3.05, 3.63) is 35.5 Å². The summed E-state index contributed by atoms with van der Waals surface area (Å²) in [6, 6.07) is 0. The number of rotatable bonds is 5. The molecule has 0 spiro atoms. The molecule has 1 aliphatic heterocycles. The maximum atomic E-state index is 12.4. The van der Waals surface area contributed by atoms with Crippen molar-refractivity contribution in [2.45, 2.75) is 57.8 Å². The Morgan fingerprint density at radius 1 is 1.41 bits per heavy atom. The zero-order valence-electron chi connectivity index (χ0n) is 17.0. The molecule has 0 radical (unpaired) electrons. The van der Waals surface area contributed by atoms with Crippen LogP contribution in [0.15, 0.2) is 35.5 Å². The lowest BCUT2D eigenvalue weighted by atomic mass is 9.85. The molecule has 160 valence electrons. The van der Waals surface area contributed by atoms with Gasteiger partial charge in [0.05, 0.1) is 12.5 Å². The largest absolute Gasteiger partial charge is 0.461 e. The van der Waals surface area contributed by atoms with Crippen molar-refractivity contribution >= 4 is 17.9 Å². The molecular formula is C21H28O8. The Kier molecular flexibility index (Phi) is 7.37. The van der Waals surface area contributed by atoms with Crippen LogP contribution in [0.25, 0.3) is 0 Å². The van der Waals surface area contributed by atoms with E-state index in [1.165, 1.54) is 6.92 Å². The zero-order chi connectivity index (χ0) is 21.8. The summed E-state index contributed by atoms with van der Waals surface area (Å²) in [6.07, 6.45) is 3.73. The maximum Gasteiger partial charge on any atom is 0.340 e. The van der Waals surface area contributed by atoms with Gasteiger partial charge in [-0.1, -0.05) is 18.2 Å². The summed E-state index contributed by atoms with van der Waals surface area (Å²) in [5.74, 6) is -2.73. The van der Waals surface area contributed by atoms with E-state index in [2.05, 4.69) is 6.58 Å². The van der Waals surface area contributed by atoms with Crippen LogP contribution in [0.3, 0.4) is 0 Å². The highest BCUT2D eigenvalue weighted by atomic mass is 16.6. The number of ether oxygens (including phenoxy) is 3. The van der Waals surface area contributed by atoms with Gasteiger partial charge in [0, 0.05) is 18.9 Å². The molecular weight excluding hydrogens is 380 g/mol. The molecule has 2 aliphatic rings. The average molecular weight is 408 g/mol. The molecule has 0 aromatic carbocycles. The molecule has 0 saturated carbocycles. The summed E-state index contributed by atoms with van der Waals surface area (Å²) in [7, 11) is 0. The van der Waals surface area contributed by atoms with Crippen LogP contribution >= 0.6 is 0 Å². The quantitative estimate of drug-likeness (QED) is 0.303. The Morgan fingerprint density at radius 3 is 2.72 bits per heavy atom. The predicted molar refractivity (Wildman–Crippen MR) is 102 cm³/mol. The summed E-state index contributed by atoms with van der Waals surface area (Å²) in [6.45, 7) is 7.32. The van der Waals surface area contributed by atoms with Crippen molar-refractivity contribution in [1.29, 1.82) is 0 Å². The summed E-state index contributed by atoms with van der Waals surface area (Å²) in [5.41, 5.74) is -0.245. The van der Waals surface area contributed by atoms with E-state index in [0.717, 1.165) is 12.5 Å². The topological polar surface area (TPSA) is 119 Å². The molecule has 0 unspecified atom stereocenters. The van der Waals surface area contributed by atoms with Gasteiger partial charge in [0.15, 0.2) is 5.60 Å². The Hall–Kier alpha value is -2.45. The van der Waals surface area contributed by atoms with Crippen LogP contribution in [0.5, 0.6) is 0 Å². The summed E-state index contributed by atoms with van der Waals surface area (Å²) >= 11 is 0. The number of allylic oxidation sites excluding steroid dienone is 1. The molecule has 0 amide bonds. The molecule has 2 rings (SSSR count). The second-order valence-electron chi connectivity index (χ2n) is 7.70. The standard InChI is InChI=1S/C21H28O8/c1-12-6-5-7-15(10-27-14(3)23)9-17(29-20(25)21(4,26)11-22)18-13(2)19(24)28-16(18)8-12/h6,9,16-18,22,26H,2,5,7-8,10-11H2,1,3-4H3/b12-6+,15-9-/t16-,17+,18+,21-/m1/s1. The lowest BCUT2D eigenvalue weighted by molar-refractivity contribution is -0.173. The highest BCUT2D eigenvalue weighted by Crippen LogP contribution is 2.37. The second kappa shape index (κ2) is 9.37. The molecule has 0 aromatic heterocycles. The van der Waals surface area contributed by atoms with Gasteiger partial charge in [0.2, 0.25) is 0 Å². The minimum Gasteiger partial charge on any atom is -0.461 e. The average Bonchev–Trinajstić information content (AvgIpc) is 2.91.